The van der Waals surface area contributed by atoms with Crippen LogP contribution in [0.15, 0.2) is 37.0 Å². The van der Waals surface area contributed by atoms with Gasteiger partial charge in [-0.1, -0.05) is 26.2 Å². The molecule has 0 heterocycles. The van der Waals surface area contributed by atoms with Gasteiger partial charge in [0.05, 0.1) is 6.61 Å². The maximum Gasteiger partial charge on any atom is 0.330 e. The lowest BCUT2D eigenvalue weighted by Gasteiger charge is -2.18. The zero-order valence-electron chi connectivity index (χ0n) is 12.6. The maximum atomic E-state index is 9.60. The van der Waals surface area contributed by atoms with Gasteiger partial charge in [-0.15, -0.1) is 6.58 Å². The molecule has 21 heavy (non-hydrogen) atoms. The Morgan fingerprint density at radius 1 is 1.10 bits per heavy atom. The molecule has 0 fully saturated rings. The van der Waals surface area contributed by atoms with Crippen LogP contribution >= 0.6 is 0 Å². The summed E-state index contributed by atoms with van der Waals surface area (Å²) in [6.45, 7) is 14.3. The Kier molecular flexibility index (Phi) is 15.0. The highest BCUT2D eigenvalue weighted by molar-refractivity contribution is 5.85. The molecule has 7 nitrogen and oxygen atoms in total. The quantitative estimate of drug-likeness (QED) is 0.333. The molecule has 4 N–H and O–H groups in total. The van der Waals surface area contributed by atoms with Crippen LogP contribution < -0.4 is 0 Å². The molecule has 0 aliphatic carbocycles. The zero-order chi connectivity index (χ0) is 17.6. The van der Waals surface area contributed by atoms with E-state index < -0.39 is 17.9 Å². The van der Waals surface area contributed by atoms with E-state index in [0.717, 1.165) is 0 Å². The second-order valence-corrected chi connectivity index (χ2v) is 3.87. The predicted octanol–water partition coefficient (Wildman–Crippen LogP) is 1.53. The standard InChI is InChI=1S/C6H12O3.2C4H6O2/c1-3-5-9-6(7,8)4-2;2*1-3(2)4(5)6/h3,7-8H,1,4-5H2,2H3;2*1H2,2H3,(H,5,6). The summed E-state index contributed by atoms with van der Waals surface area (Å²) < 4.78 is 4.52. The van der Waals surface area contributed by atoms with Crippen LogP contribution in [0.2, 0.25) is 0 Å². The number of aliphatic hydroxyl groups is 2. The highest BCUT2D eigenvalue weighted by Gasteiger charge is 2.19. The molecule has 0 aromatic carbocycles. The number of carboxylic acid groups (broad SMARTS) is 2. The number of carboxylic acids is 2. The van der Waals surface area contributed by atoms with Crippen LogP contribution in [0, 0.1) is 0 Å². The van der Waals surface area contributed by atoms with Gasteiger partial charge < -0.3 is 25.2 Å². The molecular formula is C14H24O7. The van der Waals surface area contributed by atoms with E-state index >= 15 is 0 Å². The van der Waals surface area contributed by atoms with E-state index in [1.807, 2.05) is 0 Å². The molecule has 0 rings (SSSR count). The average molecular weight is 304 g/mol. The van der Waals surface area contributed by atoms with E-state index in [-0.39, 0.29) is 24.2 Å². The van der Waals surface area contributed by atoms with Crippen molar-refractivity contribution in [1.82, 2.24) is 0 Å². The molecule has 0 aliphatic heterocycles. The number of rotatable bonds is 6. The Labute approximate surface area is 124 Å². The predicted molar refractivity (Wildman–Crippen MR) is 78.5 cm³/mol. The Balaban J connectivity index is -0.000000240. The van der Waals surface area contributed by atoms with Crippen LogP contribution in [0.4, 0.5) is 0 Å². The van der Waals surface area contributed by atoms with Crippen molar-refractivity contribution in [3.63, 3.8) is 0 Å². The Morgan fingerprint density at radius 2 is 1.38 bits per heavy atom. The molecule has 0 saturated carbocycles. The summed E-state index contributed by atoms with van der Waals surface area (Å²) in [4.78, 5) is 19.2. The van der Waals surface area contributed by atoms with Gasteiger partial charge in [0.2, 0.25) is 0 Å². The fraction of sp³-hybridized carbons (Fsp3) is 0.429. The topological polar surface area (TPSA) is 124 Å². The lowest BCUT2D eigenvalue weighted by Crippen LogP contribution is -2.30. The molecule has 0 aromatic rings. The van der Waals surface area contributed by atoms with E-state index in [9.17, 15) is 9.59 Å². The van der Waals surface area contributed by atoms with Gasteiger partial charge >= 0.3 is 11.9 Å². The van der Waals surface area contributed by atoms with Gasteiger partial charge in [0, 0.05) is 17.6 Å². The van der Waals surface area contributed by atoms with E-state index in [1.54, 1.807) is 6.92 Å². The highest BCUT2D eigenvalue weighted by Crippen LogP contribution is 2.05. The van der Waals surface area contributed by atoms with Crippen LogP contribution in [-0.2, 0) is 14.3 Å². The first-order valence-electron chi connectivity index (χ1n) is 5.88. The van der Waals surface area contributed by atoms with Crippen LogP contribution in [-0.4, -0.2) is 44.9 Å². The average Bonchev–Trinajstić information content (AvgIpc) is 2.37. The number of hydrogen-bond acceptors (Lipinski definition) is 5. The molecule has 0 aliphatic rings. The van der Waals surface area contributed by atoms with Gasteiger partial charge in [-0.3, -0.25) is 0 Å². The summed E-state index contributed by atoms with van der Waals surface area (Å²) in [5, 5.41) is 33.3. The van der Waals surface area contributed by atoms with E-state index in [4.69, 9.17) is 20.4 Å². The Morgan fingerprint density at radius 3 is 1.52 bits per heavy atom. The third kappa shape index (κ3) is 23.5. The summed E-state index contributed by atoms with van der Waals surface area (Å²) in [6, 6.07) is 0. The molecule has 0 spiro atoms. The Bertz CT molecular complexity index is 322. The van der Waals surface area contributed by atoms with Gasteiger partial charge in [0.15, 0.2) is 0 Å². The van der Waals surface area contributed by atoms with Crippen LogP contribution in [0.5, 0.6) is 0 Å². The smallest absolute Gasteiger partial charge is 0.330 e. The van der Waals surface area contributed by atoms with Crippen LogP contribution in [0.3, 0.4) is 0 Å². The summed E-state index contributed by atoms with van der Waals surface area (Å²) in [6.07, 6.45) is 1.61. The maximum absolute atomic E-state index is 9.60. The van der Waals surface area contributed by atoms with Gasteiger partial charge in [0.1, 0.15) is 0 Å². The zero-order valence-corrected chi connectivity index (χ0v) is 12.6. The molecule has 0 radical (unpaired) electrons. The SMILES string of the molecule is C=C(C)C(=O)O.C=C(C)C(=O)O.C=CCOC(O)(O)CC. The molecule has 0 saturated heterocycles. The fourth-order valence-corrected chi connectivity index (χ4v) is 0.294. The molecule has 0 atom stereocenters. The number of ether oxygens (including phenoxy) is 1. The number of hydrogen-bond donors (Lipinski definition) is 4. The van der Waals surface area contributed by atoms with Crippen molar-refractivity contribution < 1.29 is 34.8 Å². The Hall–Kier alpha value is -1.96. The summed E-state index contributed by atoms with van der Waals surface area (Å²) in [5.74, 6) is -3.85. The molecule has 122 valence electrons. The molecule has 7 heteroatoms. The monoisotopic (exact) mass is 304 g/mol. The van der Waals surface area contributed by atoms with Crippen molar-refractivity contribution in [1.29, 1.82) is 0 Å². The summed E-state index contributed by atoms with van der Waals surface area (Å²) >= 11 is 0. The second kappa shape index (κ2) is 13.0. The van der Waals surface area contributed by atoms with Crippen molar-refractivity contribution in [2.75, 3.05) is 6.61 Å². The minimum atomic E-state index is -1.98. The van der Waals surface area contributed by atoms with Gasteiger partial charge in [0.25, 0.3) is 5.97 Å². The summed E-state index contributed by atoms with van der Waals surface area (Å²) in [7, 11) is 0. The lowest BCUT2D eigenvalue weighted by atomic mass is 10.4. The first-order valence-corrected chi connectivity index (χ1v) is 5.88. The molecule has 0 amide bonds. The normalized spacial score (nSPS) is 9.19. The first-order chi connectivity index (χ1) is 9.41. The first kappa shape index (κ1) is 24.1. The fourth-order valence-electron chi connectivity index (χ4n) is 0.294. The van der Waals surface area contributed by atoms with Crippen molar-refractivity contribution in [2.45, 2.75) is 33.2 Å². The van der Waals surface area contributed by atoms with Gasteiger partial charge in [-0.2, -0.15) is 0 Å². The molecule has 0 unspecified atom stereocenters. The third-order valence-corrected chi connectivity index (χ3v) is 1.62. The van der Waals surface area contributed by atoms with Crippen molar-refractivity contribution >= 4 is 11.9 Å². The van der Waals surface area contributed by atoms with Crippen molar-refractivity contribution in [3.8, 4) is 0 Å². The number of carbonyl (C=O) groups is 2. The third-order valence-electron chi connectivity index (χ3n) is 1.62. The van der Waals surface area contributed by atoms with E-state index in [1.165, 1.54) is 19.9 Å². The molecular weight excluding hydrogens is 280 g/mol. The lowest BCUT2D eigenvalue weighted by molar-refractivity contribution is -0.334. The van der Waals surface area contributed by atoms with E-state index in [2.05, 4.69) is 24.5 Å². The molecule has 0 bridgehead atoms. The second-order valence-electron chi connectivity index (χ2n) is 3.87. The van der Waals surface area contributed by atoms with Crippen LogP contribution in [0.25, 0.3) is 0 Å². The minimum absolute atomic E-state index is 0.154. The number of aliphatic carboxylic acids is 2. The summed E-state index contributed by atoms with van der Waals surface area (Å²) in [5.41, 5.74) is 0.352. The van der Waals surface area contributed by atoms with Crippen molar-refractivity contribution in [2.24, 2.45) is 0 Å². The molecule has 0 aromatic heterocycles. The highest BCUT2D eigenvalue weighted by atomic mass is 16.8. The van der Waals surface area contributed by atoms with Gasteiger partial charge in [-0.25, -0.2) is 9.59 Å². The van der Waals surface area contributed by atoms with E-state index in [0.29, 0.717) is 0 Å². The van der Waals surface area contributed by atoms with Gasteiger partial charge in [-0.05, 0) is 13.8 Å². The van der Waals surface area contributed by atoms with Crippen molar-refractivity contribution in [3.05, 3.63) is 37.0 Å². The minimum Gasteiger partial charge on any atom is -0.478 e. The van der Waals surface area contributed by atoms with Crippen LogP contribution in [0.1, 0.15) is 27.2 Å². The largest absolute Gasteiger partial charge is 0.478 e.